The summed E-state index contributed by atoms with van der Waals surface area (Å²) in [7, 11) is 0. The van der Waals surface area contributed by atoms with Crippen molar-refractivity contribution < 1.29 is 28.8 Å². The highest BCUT2D eigenvalue weighted by Gasteiger charge is 2.38. The summed E-state index contributed by atoms with van der Waals surface area (Å²) in [6.07, 6.45) is 4.85. The van der Waals surface area contributed by atoms with E-state index in [1.165, 1.54) is 36.2 Å². The average Bonchev–Trinajstić information content (AvgIpc) is 2.91. The first-order valence-corrected chi connectivity index (χ1v) is 13.1. The van der Waals surface area contributed by atoms with Gasteiger partial charge in [0.15, 0.2) is 0 Å². The van der Waals surface area contributed by atoms with Gasteiger partial charge >= 0.3 is 11.9 Å². The molecule has 0 radical (unpaired) electrons. The molecule has 1 aliphatic heterocycles. The molecule has 0 bridgehead atoms. The molecular weight excluding hydrogens is 512 g/mol. The zero-order chi connectivity index (χ0) is 27.7. The quantitative estimate of drug-likeness (QED) is 0.188. The minimum atomic E-state index is -0.963. The number of dihydropyridines is 1. The average molecular weight is 541 g/mol. The summed E-state index contributed by atoms with van der Waals surface area (Å²) in [5.41, 5.74) is 1.73. The summed E-state index contributed by atoms with van der Waals surface area (Å²) >= 11 is 1.51. The van der Waals surface area contributed by atoms with Crippen LogP contribution in [0.25, 0.3) is 0 Å². The van der Waals surface area contributed by atoms with E-state index in [-0.39, 0.29) is 42.5 Å². The van der Waals surface area contributed by atoms with Crippen LogP contribution >= 0.6 is 11.8 Å². The predicted molar refractivity (Wildman–Crippen MR) is 141 cm³/mol. The Balaban J connectivity index is 1.85. The topological polar surface area (TPSA) is 150 Å². The van der Waals surface area contributed by atoms with E-state index in [0.717, 1.165) is 0 Å². The molecule has 2 N–H and O–H groups in total. The summed E-state index contributed by atoms with van der Waals surface area (Å²) in [6.45, 7) is 3.40. The van der Waals surface area contributed by atoms with Crippen molar-refractivity contribution in [2.24, 2.45) is 0 Å². The molecule has 0 fully saturated rings. The lowest BCUT2D eigenvalue weighted by Crippen LogP contribution is -2.34. The molecule has 38 heavy (non-hydrogen) atoms. The number of aromatic nitrogens is 1. The molecule has 1 atom stereocenters. The molecule has 1 aromatic heterocycles. The number of nitrogens with zero attached hydrogens (tertiary/aromatic N) is 2. The number of amides is 1. The monoisotopic (exact) mass is 540 g/mol. The van der Waals surface area contributed by atoms with E-state index in [9.17, 15) is 24.5 Å². The molecule has 11 nitrogen and oxygen atoms in total. The van der Waals surface area contributed by atoms with Crippen molar-refractivity contribution in [3.05, 3.63) is 92.6 Å². The summed E-state index contributed by atoms with van der Waals surface area (Å²) in [5.74, 6) is -2.12. The smallest absolute Gasteiger partial charge is 0.336 e. The van der Waals surface area contributed by atoms with Crippen molar-refractivity contribution >= 4 is 35.3 Å². The van der Waals surface area contributed by atoms with Gasteiger partial charge in [-0.1, -0.05) is 12.1 Å². The Morgan fingerprint density at radius 3 is 2.37 bits per heavy atom. The van der Waals surface area contributed by atoms with Crippen molar-refractivity contribution in [2.45, 2.75) is 19.8 Å². The highest BCUT2D eigenvalue weighted by molar-refractivity contribution is 7.98. The van der Waals surface area contributed by atoms with Crippen LogP contribution in [0.15, 0.2) is 71.3 Å². The number of nitro groups is 1. The number of nitrogens with one attached hydrogen (secondary N) is 2. The number of hydrogen-bond acceptors (Lipinski definition) is 10. The van der Waals surface area contributed by atoms with Crippen LogP contribution in [0, 0.1) is 10.1 Å². The molecular formula is C26H28N4O7S. The number of carbonyl (C=O) groups is 3. The molecule has 0 saturated heterocycles. The van der Waals surface area contributed by atoms with Crippen LogP contribution in [-0.2, 0) is 19.1 Å². The predicted octanol–water partition coefficient (Wildman–Crippen LogP) is 3.10. The highest BCUT2D eigenvalue weighted by Crippen LogP contribution is 2.40. The van der Waals surface area contributed by atoms with Crippen LogP contribution in [0.2, 0.25) is 0 Å². The summed E-state index contributed by atoms with van der Waals surface area (Å²) in [4.78, 5) is 53.4. The van der Waals surface area contributed by atoms with Crippen molar-refractivity contribution in [3.8, 4) is 0 Å². The first-order chi connectivity index (χ1) is 18.2. The number of benzene rings is 1. The van der Waals surface area contributed by atoms with E-state index >= 15 is 0 Å². The SMILES string of the molecule is CSCCOC(=O)C1=C(C)NC(C)=C(C(=O)OCCNC(=O)c2cccnc2)C1c1cccc([N+](=O)[O-])c1. The molecule has 2 heterocycles. The summed E-state index contributed by atoms with van der Waals surface area (Å²) < 4.78 is 10.9. The Bertz CT molecular complexity index is 1280. The standard InChI is InChI=1S/C26H28N4O7S/c1-16-21(25(32)36-11-10-28-24(31)19-7-5-9-27-15-19)23(18-6-4-8-20(14-18)30(34)35)22(17(2)29-16)26(33)37-12-13-38-3/h4-9,14-15,23,29H,10-13H2,1-3H3,(H,28,31). The van der Waals surface area contributed by atoms with Crippen molar-refractivity contribution in [3.63, 3.8) is 0 Å². The van der Waals surface area contributed by atoms with Gasteiger partial charge in [0.1, 0.15) is 13.2 Å². The van der Waals surface area contributed by atoms with Gasteiger partial charge in [0.05, 0.1) is 34.1 Å². The molecule has 0 aliphatic carbocycles. The van der Waals surface area contributed by atoms with E-state index in [1.54, 1.807) is 38.2 Å². The molecule has 12 heteroatoms. The molecule has 200 valence electrons. The lowest BCUT2D eigenvalue weighted by molar-refractivity contribution is -0.384. The molecule has 0 saturated carbocycles. The Labute approximate surface area is 223 Å². The van der Waals surface area contributed by atoms with E-state index in [0.29, 0.717) is 28.3 Å². The molecule has 2 aromatic rings. The minimum Gasteiger partial charge on any atom is -0.461 e. The maximum Gasteiger partial charge on any atom is 0.336 e. The molecule has 1 unspecified atom stereocenters. The second-order valence-electron chi connectivity index (χ2n) is 8.25. The maximum absolute atomic E-state index is 13.3. The number of non-ortho nitro benzene ring substituents is 1. The third-order valence-corrected chi connectivity index (χ3v) is 6.25. The maximum atomic E-state index is 13.3. The number of rotatable bonds is 11. The number of pyridine rings is 1. The van der Waals surface area contributed by atoms with Gasteiger partial charge in [-0.15, -0.1) is 0 Å². The van der Waals surface area contributed by atoms with E-state index in [4.69, 9.17) is 9.47 Å². The minimum absolute atomic E-state index is 0.0408. The second kappa shape index (κ2) is 13.4. The van der Waals surface area contributed by atoms with E-state index in [1.807, 2.05) is 6.26 Å². The number of hydrogen-bond donors (Lipinski definition) is 2. The van der Waals surface area contributed by atoms with Gasteiger partial charge in [-0.3, -0.25) is 19.9 Å². The van der Waals surface area contributed by atoms with E-state index < -0.39 is 22.8 Å². The molecule has 0 spiro atoms. The van der Waals surface area contributed by atoms with Crippen molar-refractivity contribution in [1.82, 2.24) is 15.6 Å². The van der Waals surface area contributed by atoms with Crippen LogP contribution in [0.1, 0.15) is 35.7 Å². The van der Waals surface area contributed by atoms with Gasteiger partial charge < -0.3 is 20.1 Å². The third-order valence-electron chi connectivity index (χ3n) is 5.68. The number of nitro benzene ring substituents is 1. The molecule has 3 rings (SSSR count). The Morgan fingerprint density at radius 1 is 1.08 bits per heavy atom. The van der Waals surface area contributed by atoms with Crippen LogP contribution in [0.5, 0.6) is 0 Å². The highest BCUT2D eigenvalue weighted by atomic mass is 32.2. The van der Waals surface area contributed by atoms with Gasteiger partial charge in [-0.25, -0.2) is 9.59 Å². The molecule has 1 aromatic carbocycles. The van der Waals surface area contributed by atoms with Crippen molar-refractivity contribution in [2.75, 3.05) is 31.8 Å². The zero-order valence-electron chi connectivity index (χ0n) is 21.2. The Kier molecular flexibility index (Phi) is 9.99. The lowest BCUT2D eigenvalue weighted by atomic mass is 9.80. The number of carbonyl (C=O) groups excluding carboxylic acids is 3. The fraction of sp³-hybridized carbons (Fsp3) is 0.308. The fourth-order valence-electron chi connectivity index (χ4n) is 3.97. The van der Waals surface area contributed by atoms with Gasteiger partial charge in [-0.2, -0.15) is 11.8 Å². The van der Waals surface area contributed by atoms with Crippen LogP contribution in [-0.4, -0.2) is 59.5 Å². The Morgan fingerprint density at radius 2 is 1.76 bits per heavy atom. The van der Waals surface area contributed by atoms with E-state index in [2.05, 4.69) is 15.6 Å². The van der Waals surface area contributed by atoms with Gasteiger partial charge in [0.25, 0.3) is 11.6 Å². The van der Waals surface area contributed by atoms with Crippen LogP contribution in [0.4, 0.5) is 5.69 Å². The number of esters is 2. The summed E-state index contributed by atoms with van der Waals surface area (Å²) in [6, 6.07) is 9.00. The number of ether oxygens (including phenoxy) is 2. The normalized spacial score (nSPS) is 15.0. The molecule has 1 amide bonds. The summed E-state index contributed by atoms with van der Waals surface area (Å²) in [5, 5.41) is 17.1. The van der Waals surface area contributed by atoms with Gasteiger partial charge in [0, 0.05) is 41.7 Å². The lowest BCUT2D eigenvalue weighted by Gasteiger charge is -2.30. The van der Waals surface area contributed by atoms with Crippen LogP contribution < -0.4 is 10.6 Å². The number of thioether (sulfide) groups is 1. The molecule has 1 aliphatic rings. The Hall–Kier alpha value is -4.19. The fourth-order valence-corrected chi connectivity index (χ4v) is 4.22. The number of allylic oxidation sites excluding steroid dienone is 2. The second-order valence-corrected chi connectivity index (χ2v) is 9.24. The van der Waals surface area contributed by atoms with Crippen molar-refractivity contribution in [1.29, 1.82) is 0 Å². The largest absolute Gasteiger partial charge is 0.461 e. The van der Waals surface area contributed by atoms with Gasteiger partial charge in [0.2, 0.25) is 0 Å². The first-order valence-electron chi connectivity index (χ1n) is 11.7. The van der Waals surface area contributed by atoms with Crippen LogP contribution in [0.3, 0.4) is 0 Å². The zero-order valence-corrected chi connectivity index (χ0v) is 22.0. The third kappa shape index (κ3) is 6.97. The van der Waals surface area contributed by atoms with Gasteiger partial charge in [-0.05, 0) is 37.8 Å². The first kappa shape index (κ1) is 28.4.